The lowest BCUT2D eigenvalue weighted by Gasteiger charge is -2.12. The first-order valence-electron chi connectivity index (χ1n) is 10.8. The summed E-state index contributed by atoms with van der Waals surface area (Å²) in [6.07, 6.45) is 1.54. The van der Waals surface area contributed by atoms with E-state index in [4.69, 9.17) is 4.74 Å². The zero-order valence-corrected chi connectivity index (χ0v) is 20.0. The molecule has 1 aromatic heterocycles. The van der Waals surface area contributed by atoms with Crippen LogP contribution in [0.4, 0.5) is 5.69 Å². The van der Waals surface area contributed by atoms with Gasteiger partial charge in [-0.2, -0.15) is 5.26 Å². The first-order chi connectivity index (χ1) is 16.2. The minimum Gasteiger partial charge on any atom is -0.497 e. The van der Waals surface area contributed by atoms with Crippen LogP contribution in [-0.2, 0) is 9.59 Å². The maximum Gasteiger partial charge on any atom is 0.262 e. The normalized spacial score (nSPS) is 11.0. The summed E-state index contributed by atoms with van der Waals surface area (Å²) in [5, 5.41) is 14.9. The lowest BCUT2D eigenvalue weighted by molar-refractivity contribution is -0.121. The molecule has 3 rings (SSSR count). The first-order valence-corrected chi connectivity index (χ1v) is 10.8. The fourth-order valence-electron chi connectivity index (χ4n) is 3.82. The Morgan fingerprint density at radius 2 is 1.71 bits per heavy atom. The van der Waals surface area contributed by atoms with Crippen molar-refractivity contribution in [3.63, 3.8) is 0 Å². The Labute approximate surface area is 199 Å². The number of aromatic nitrogens is 1. The molecule has 0 radical (unpaired) electrons. The topological polar surface area (TPSA) is 96.2 Å². The van der Waals surface area contributed by atoms with E-state index in [1.54, 1.807) is 13.2 Å². The number of benzene rings is 2. The smallest absolute Gasteiger partial charge is 0.262 e. The third-order valence-electron chi connectivity index (χ3n) is 5.62. The maximum atomic E-state index is 12.6. The molecule has 174 valence electrons. The van der Waals surface area contributed by atoms with E-state index in [1.165, 1.54) is 0 Å². The number of carbonyl (C=O) groups excluding carboxylic acids is 2. The molecule has 0 atom stereocenters. The van der Waals surface area contributed by atoms with Gasteiger partial charge in [0, 0.05) is 22.8 Å². The number of nitriles is 1. The Morgan fingerprint density at radius 1 is 1.06 bits per heavy atom. The van der Waals surface area contributed by atoms with Crippen molar-refractivity contribution in [3.05, 3.63) is 82.2 Å². The van der Waals surface area contributed by atoms with Gasteiger partial charge in [-0.05, 0) is 80.8 Å². The molecule has 0 bridgehead atoms. The maximum absolute atomic E-state index is 12.6. The number of methoxy groups -OCH3 is 1. The van der Waals surface area contributed by atoms with Gasteiger partial charge < -0.3 is 19.9 Å². The minimum absolute atomic E-state index is 0.0742. The highest BCUT2D eigenvalue weighted by atomic mass is 16.5. The van der Waals surface area contributed by atoms with Crippen molar-refractivity contribution in [3.8, 4) is 17.5 Å². The zero-order chi connectivity index (χ0) is 24.8. The Kier molecular flexibility index (Phi) is 7.54. The first kappa shape index (κ1) is 24.3. The highest BCUT2D eigenvalue weighted by molar-refractivity contribution is 6.04. The van der Waals surface area contributed by atoms with E-state index in [0.29, 0.717) is 0 Å². The molecule has 34 heavy (non-hydrogen) atoms. The van der Waals surface area contributed by atoms with Crippen LogP contribution in [0.15, 0.2) is 54.1 Å². The molecule has 1 heterocycles. The van der Waals surface area contributed by atoms with Crippen LogP contribution in [0, 0.1) is 39.0 Å². The van der Waals surface area contributed by atoms with Gasteiger partial charge in [0.25, 0.3) is 5.91 Å². The number of hydrogen-bond acceptors (Lipinski definition) is 4. The molecule has 0 saturated heterocycles. The van der Waals surface area contributed by atoms with Gasteiger partial charge >= 0.3 is 0 Å². The lowest BCUT2D eigenvalue weighted by atomic mass is 10.1. The average Bonchev–Trinajstić information content (AvgIpc) is 3.11. The molecule has 7 heteroatoms. The van der Waals surface area contributed by atoms with Crippen LogP contribution in [0.5, 0.6) is 5.75 Å². The van der Waals surface area contributed by atoms with Crippen molar-refractivity contribution in [2.75, 3.05) is 19.0 Å². The fraction of sp³-hybridized carbons (Fsp3) is 0.222. The molecule has 0 saturated carbocycles. The Hall–Kier alpha value is -4.31. The lowest BCUT2D eigenvalue weighted by Crippen LogP contribution is -2.33. The average molecular weight is 457 g/mol. The van der Waals surface area contributed by atoms with Crippen LogP contribution >= 0.6 is 0 Å². The third-order valence-corrected chi connectivity index (χ3v) is 5.62. The molecule has 7 nitrogen and oxygen atoms in total. The molecule has 2 amide bonds. The Balaban J connectivity index is 1.74. The number of aryl methyl sites for hydroxylation is 3. The summed E-state index contributed by atoms with van der Waals surface area (Å²) in [7, 11) is 1.62. The standard InChI is InChI=1S/C27H28N4O3/c1-17-7-6-8-18(2)26(17)30-25(32)16-29-27(33)22(15-28)14-21-13-19(3)31(20(21)4)23-9-11-24(34-5)12-10-23/h6-14H,16H2,1-5H3,(H,29,33)(H,30,32)/b22-14+. The summed E-state index contributed by atoms with van der Waals surface area (Å²) in [5.41, 5.74) is 6.06. The van der Waals surface area contributed by atoms with Crippen molar-refractivity contribution in [2.45, 2.75) is 27.7 Å². The van der Waals surface area contributed by atoms with Gasteiger partial charge in [-0.25, -0.2) is 0 Å². The van der Waals surface area contributed by atoms with Crippen LogP contribution in [0.3, 0.4) is 0 Å². The highest BCUT2D eigenvalue weighted by Gasteiger charge is 2.15. The number of hydrogen-bond donors (Lipinski definition) is 2. The second-order valence-corrected chi connectivity index (χ2v) is 8.03. The van der Waals surface area contributed by atoms with Crippen molar-refractivity contribution in [2.24, 2.45) is 0 Å². The fourth-order valence-corrected chi connectivity index (χ4v) is 3.82. The summed E-state index contributed by atoms with van der Waals surface area (Å²) < 4.78 is 7.26. The number of carbonyl (C=O) groups is 2. The van der Waals surface area contributed by atoms with Gasteiger partial charge in [0.15, 0.2) is 0 Å². The van der Waals surface area contributed by atoms with Crippen LogP contribution in [-0.4, -0.2) is 30.0 Å². The van der Waals surface area contributed by atoms with E-state index in [1.807, 2.05) is 86.9 Å². The number of amides is 2. The quantitative estimate of drug-likeness (QED) is 0.407. The van der Waals surface area contributed by atoms with Crippen LogP contribution in [0.2, 0.25) is 0 Å². The van der Waals surface area contributed by atoms with Crippen molar-refractivity contribution < 1.29 is 14.3 Å². The SMILES string of the molecule is COc1ccc(-n2c(C)cc(/C=C(\C#N)C(=O)NCC(=O)Nc3c(C)cccc3C)c2C)cc1. The van der Waals surface area contributed by atoms with E-state index in [2.05, 4.69) is 10.6 Å². The minimum atomic E-state index is -0.603. The number of para-hydroxylation sites is 1. The van der Waals surface area contributed by atoms with E-state index >= 15 is 0 Å². The summed E-state index contributed by atoms with van der Waals surface area (Å²) in [6, 6.07) is 17.2. The van der Waals surface area contributed by atoms with Gasteiger partial charge in [-0.3, -0.25) is 9.59 Å². The predicted molar refractivity (Wildman–Crippen MR) is 133 cm³/mol. The van der Waals surface area contributed by atoms with Crippen molar-refractivity contribution in [1.29, 1.82) is 5.26 Å². The second-order valence-electron chi connectivity index (χ2n) is 8.03. The van der Waals surface area contributed by atoms with Crippen molar-refractivity contribution >= 4 is 23.6 Å². The monoisotopic (exact) mass is 456 g/mol. The van der Waals surface area contributed by atoms with E-state index in [9.17, 15) is 14.9 Å². The van der Waals surface area contributed by atoms with E-state index < -0.39 is 5.91 Å². The van der Waals surface area contributed by atoms with Gasteiger partial charge in [-0.15, -0.1) is 0 Å². The zero-order valence-electron chi connectivity index (χ0n) is 20.0. The second kappa shape index (κ2) is 10.5. The molecule has 2 aromatic carbocycles. The number of nitrogens with one attached hydrogen (secondary N) is 2. The van der Waals surface area contributed by atoms with Gasteiger partial charge in [0.1, 0.15) is 17.4 Å². The summed E-state index contributed by atoms with van der Waals surface area (Å²) in [5.74, 6) is -0.203. The number of ether oxygens (including phenoxy) is 1. The molecule has 0 unspecified atom stereocenters. The highest BCUT2D eigenvalue weighted by Crippen LogP contribution is 2.24. The molecular formula is C27H28N4O3. The van der Waals surface area contributed by atoms with Gasteiger partial charge in [-0.1, -0.05) is 18.2 Å². The largest absolute Gasteiger partial charge is 0.497 e. The summed E-state index contributed by atoms with van der Waals surface area (Å²) >= 11 is 0. The van der Waals surface area contributed by atoms with E-state index in [0.717, 1.165) is 45.2 Å². The van der Waals surface area contributed by atoms with Crippen LogP contribution in [0.1, 0.15) is 28.1 Å². The van der Waals surface area contributed by atoms with Gasteiger partial charge in [0.2, 0.25) is 5.91 Å². The Morgan fingerprint density at radius 3 is 2.29 bits per heavy atom. The van der Waals surface area contributed by atoms with Gasteiger partial charge in [0.05, 0.1) is 13.7 Å². The van der Waals surface area contributed by atoms with Crippen LogP contribution in [0.25, 0.3) is 11.8 Å². The molecule has 0 aliphatic carbocycles. The van der Waals surface area contributed by atoms with E-state index in [-0.39, 0.29) is 18.0 Å². The summed E-state index contributed by atoms with van der Waals surface area (Å²) in [6.45, 7) is 7.45. The molecule has 0 aliphatic rings. The third kappa shape index (κ3) is 5.36. The molecule has 3 aromatic rings. The molecule has 2 N–H and O–H groups in total. The molecular weight excluding hydrogens is 428 g/mol. The van der Waals surface area contributed by atoms with Crippen LogP contribution < -0.4 is 15.4 Å². The number of rotatable bonds is 7. The number of nitrogens with zero attached hydrogens (tertiary/aromatic N) is 2. The van der Waals surface area contributed by atoms with Crippen molar-refractivity contribution in [1.82, 2.24) is 9.88 Å². The Bertz CT molecular complexity index is 1270. The molecule has 0 fully saturated rings. The molecule has 0 aliphatic heterocycles. The molecule has 0 spiro atoms. The number of anilines is 1. The predicted octanol–water partition coefficient (Wildman–Crippen LogP) is 4.38. The summed E-state index contributed by atoms with van der Waals surface area (Å²) in [4.78, 5) is 25.0.